The molecule has 1 heterocycles. The Balaban J connectivity index is 2.11. The van der Waals surface area contributed by atoms with Gasteiger partial charge >= 0.3 is 10.2 Å². The molecule has 1 aliphatic heterocycles. The fourth-order valence-corrected chi connectivity index (χ4v) is 2.54. The van der Waals surface area contributed by atoms with Crippen LogP contribution in [0.2, 0.25) is 0 Å². The molecule has 0 aromatic heterocycles. The van der Waals surface area contributed by atoms with Crippen LogP contribution in [0, 0.1) is 0 Å². The lowest BCUT2D eigenvalue weighted by molar-refractivity contribution is 0.0904. The van der Waals surface area contributed by atoms with Gasteiger partial charge < -0.3 is 10.1 Å². The van der Waals surface area contributed by atoms with E-state index in [9.17, 15) is 19.4 Å². The molecule has 19 heavy (non-hydrogen) atoms. The highest BCUT2D eigenvalue weighted by molar-refractivity contribution is 8.45. The van der Waals surface area contributed by atoms with Crippen molar-refractivity contribution >= 4 is 15.9 Å². The lowest BCUT2D eigenvalue weighted by atomic mass is 10.1. The summed E-state index contributed by atoms with van der Waals surface area (Å²) in [5.74, 6) is 0. The number of nitrogens with one attached hydrogen (secondary N) is 1. The highest BCUT2D eigenvalue weighted by atomic mass is 32.5. The fourth-order valence-electron chi connectivity index (χ4n) is 1.89. The van der Waals surface area contributed by atoms with Crippen LogP contribution in [0.1, 0.15) is 12.8 Å². The summed E-state index contributed by atoms with van der Waals surface area (Å²) in [7, 11) is -9.56. The van der Waals surface area contributed by atoms with Crippen molar-refractivity contribution in [3.05, 3.63) is 24.3 Å². The number of benzene rings is 1. The van der Waals surface area contributed by atoms with Crippen molar-refractivity contribution < 1.29 is 24.2 Å². The van der Waals surface area contributed by atoms with E-state index in [-0.39, 0.29) is 6.04 Å². The molecule has 0 aliphatic carbocycles. The third-order valence-corrected chi connectivity index (χ3v) is 4.05. The second kappa shape index (κ2) is 3.99. The van der Waals surface area contributed by atoms with Crippen LogP contribution >= 0.6 is 10.2 Å². The van der Waals surface area contributed by atoms with E-state index < -0.39 is 15.1 Å². The standard InChI is InChI=1S/C11H14F5NOS/c12-19(13,14,15,16)11-3-1-9(2-4-11)17-10-5-7-18-8-6-10/h1-4,10,17H,5-8H2. The maximum Gasteiger partial charge on any atom is 0.310 e. The van der Waals surface area contributed by atoms with E-state index in [1.54, 1.807) is 0 Å². The van der Waals surface area contributed by atoms with E-state index in [0.717, 1.165) is 25.0 Å². The van der Waals surface area contributed by atoms with E-state index in [1.807, 2.05) is 0 Å². The molecule has 1 N–H and O–H groups in total. The smallest absolute Gasteiger partial charge is 0.310 e. The van der Waals surface area contributed by atoms with E-state index >= 15 is 0 Å². The summed E-state index contributed by atoms with van der Waals surface area (Å²) in [5.41, 5.74) is 0.400. The van der Waals surface area contributed by atoms with Gasteiger partial charge in [0.25, 0.3) is 0 Å². The Labute approximate surface area is 107 Å². The van der Waals surface area contributed by atoms with Gasteiger partial charge in [-0.25, -0.2) is 0 Å². The van der Waals surface area contributed by atoms with Gasteiger partial charge in [-0.3, -0.25) is 0 Å². The molecule has 1 saturated heterocycles. The largest absolute Gasteiger partial charge is 0.382 e. The molecule has 1 aromatic carbocycles. The molecular weight excluding hydrogens is 289 g/mol. The first-order chi connectivity index (χ1) is 8.54. The molecule has 2 rings (SSSR count). The van der Waals surface area contributed by atoms with Gasteiger partial charge in [-0.05, 0) is 37.1 Å². The lowest BCUT2D eigenvalue weighted by Crippen LogP contribution is -2.27. The zero-order chi connectivity index (χ0) is 14.2. The first kappa shape index (κ1) is 14.4. The number of rotatable bonds is 3. The Morgan fingerprint density at radius 1 is 0.947 bits per heavy atom. The van der Waals surface area contributed by atoms with Crippen molar-refractivity contribution in [3.8, 4) is 0 Å². The summed E-state index contributed by atoms with van der Waals surface area (Å²) in [6.45, 7) is 1.17. The highest BCUT2D eigenvalue weighted by Gasteiger charge is 2.65. The van der Waals surface area contributed by atoms with Crippen molar-refractivity contribution in [1.29, 1.82) is 0 Å². The van der Waals surface area contributed by atoms with Crippen LogP contribution < -0.4 is 5.32 Å². The lowest BCUT2D eigenvalue weighted by Gasteiger charge is -2.40. The molecule has 1 aliphatic rings. The van der Waals surface area contributed by atoms with Crippen LogP contribution in [0.25, 0.3) is 0 Å². The fraction of sp³-hybridized carbons (Fsp3) is 0.455. The van der Waals surface area contributed by atoms with E-state index in [0.29, 0.717) is 31.0 Å². The Bertz CT molecular complexity index is 452. The molecule has 0 saturated carbocycles. The van der Waals surface area contributed by atoms with E-state index in [2.05, 4.69) is 5.32 Å². The first-order valence-electron chi connectivity index (χ1n) is 5.73. The summed E-state index contributed by atoms with van der Waals surface area (Å²) >= 11 is 0. The second-order valence-corrected chi connectivity index (χ2v) is 6.93. The second-order valence-electron chi connectivity index (χ2n) is 4.52. The molecule has 1 aromatic rings. The minimum absolute atomic E-state index is 0.0968. The van der Waals surface area contributed by atoms with Crippen molar-refractivity contribution in [2.75, 3.05) is 18.5 Å². The van der Waals surface area contributed by atoms with Crippen LogP contribution in [-0.4, -0.2) is 19.3 Å². The van der Waals surface area contributed by atoms with Gasteiger partial charge in [-0.15, -0.1) is 0 Å². The third-order valence-electron chi connectivity index (χ3n) is 2.89. The topological polar surface area (TPSA) is 21.3 Å². The Morgan fingerprint density at radius 2 is 1.47 bits per heavy atom. The van der Waals surface area contributed by atoms with Crippen LogP contribution in [0.15, 0.2) is 29.2 Å². The van der Waals surface area contributed by atoms with Crippen molar-refractivity contribution in [1.82, 2.24) is 0 Å². The van der Waals surface area contributed by atoms with Gasteiger partial charge in [0.1, 0.15) is 4.90 Å². The molecule has 0 amide bonds. The average molecular weight is 303 g/mol. The maximum absolute atomic E-state index is 12.5. The molecule has 0 radical (unpaired) electrons. The van der Waals surface area contributed by atoms with E-state index in [4.69, 9.17) is 4.74 Å². The summed E-state index contributed by atoms with van der Waals surface area (Å²) in [6.07, 6.45) is 1.48. The predicted octanol–water partition coefficient (Wildman–Crippen LogP) is 4.93. The normalized spacial score (nSPS) is 21.5. The number of ether oxygens (including phenoxy) is 1. The number of anilines is 1. The first-order valence-corrected chi connectivity index (χ1v) is 7.68. The summed E-state index contributed by atoms with van der Waals surface area (Å²) in [5, 5.41) is 3.01. The molecule has 2 nitrogen and oxygen atoms in total. The van der Waals surface area contributed by atoms with Crippen LogP contribution in [0.5, 0.6) is 0 Å². The number of hydrogen-bond donors (Lipinski definition) is 1. The van der Waals surface area contributed by atoms with Crippen molar-refractivity contribution in [2.24, 2.45) is 0 Å². The molecule has 0 unspecified atom stereocenters. The molecular formula is C11H14F5NOS. The van der Waals surface area contributed by atoms with E-state index in [1.165, 1.54) is 0 Å². The summed E-state index contributed by atoms with van der Waals surface area (Å²) < 4.78 is 67.6. The maximum atomic E-state index is 12.5. The van der Waals surface area contributed by atoms with Gasteiger partial charge in [-0.1, -0.05) is 19.4 Å². The van der Waals surface area contributed by atoms with Crippen molar-refractivity contribution in [2.45, 2.75) is 23.8 Å². The molecule has 110 valence electrons. The molecule has 8 heteroatoms. The predicted molar refractivity (Wildman–Crippen MR) is 65.3 cm³/mol. The van der Waals surface area contributed by atoms with Gasteiger partial charge in [0, 0.05) is 24.9 Å². The Kier molecular flexibility index (Phi) is 3.02. The number of hydrogen-bond acceptors (Lipinski definition) is 2. The zero-order valence-corrected chi connectivity index (χ0v) is 10.7. The highest BCUT2D eigenvalue weighted by Crippen LogP contribution is 3.02. The molecule has 1 fully saturated rings. The molecule has 0 atom stereocenters. The third kappa shape index (κ3) is 3.97. The van der Waals surface area contributed by atoms with Crippen LogP contribution in [0.3, 0.4) is 0 Å². The monoisotopic (exact) mass is 303 g/mol. The Morgan fingerprint density at radius 3 is 1.95 bits per heavy atom. The zero-order valence-electron chi connectivity index (χ0n) is 9.92. The van der Waals surface area contributed by atoms with Gasteiger partial charge in [-0.2, -0.15) is 0 Å². The number of halogens is 5. The van der Waals surface area contributed by atoms with Gasteiger partial charge in [0.05, 0.1) is 0 Å². The minimum atomic E-state index is -9.56. The van der Waals surface area contributed by atoms with Crippen LogP contribution in [0.4, 0.5) is 25.1 Å². The summed E-state index contributed by atoms with van der Waals surface area (Å²) in [6, 6.07) is 3.00. The molecule has 0 spiro atoms. The quantitative estimate of drug-likeness (QED) is 0.799. The SMILES string of the molecule is FS(F)(F)(F)(F)c1ccc(NC2CCOCC2)cc1. The van der Waals surface area contributed by atoms with Crippen LogP contribution in [-0.2, 0) is 4.74 Å². The van der Waals surface area contributed by atoms with Gasteiger partial charge in [0.2, 0.25) is 0 Å². The molecule has 0 bridgehead atoms. The van der Waals surface area contributed by atoms with Gasteiger partial charge in [0.15, 0.2) is 0 Å². The minimum Gasteiger partial charge on any atom is -0.382 e. The Hall–Kier alpha value is -1.02. The summed E-state index contributed by atoms with van der Waals surface area (Å²) in [4.78, 5) is -1.86. The average Bonchev–Trinajstić information content (AvgIpc) is 2.28. The van der Waals surface area contributed by atoms with Crippen molar-refractivity contribution in [3.63, 3.8) is 0 Å².